The fourth-order valence-corrected chi connectivity index (χ4v) is 7.49. The molecule has 0 saturated carbocycles. The van der Waals surface area contributed by atoms with Crippen LogP contribution in [0.1, 0.15) is 64.0 Å². The van der Waals surface area contributed by atoms with Crippen LogP contribution < -0.4 is 26.0 Å². The highest BCUT2D eigenvalue weighted by atomic mass is 35.5. The maximum Gasteiger partial charge on any atom is 0.243 e. The first-order valence-electron chi connectivity index (χ1n) is 19.0. The number of carbonyl (C=O) groups is 2. The van der Waals surface area contributed by atoms with Crippen molar-refractivity contribution < 1.29 is 32.2 Å². The number of rotatable bonds is 22. The summed E-state index contributed by atoms with van der Waals surface area (Å²) in [5, 5.41) is 11.6. The highest BCUT2D eigenvalue weighted by Gasteiger charge is 2.25. The molecule has 0 aliphatic carbocycles. The Kier molecular flexibility index (Phi) is 17.4. The molecule has 1 aliphatic rings. The lowest BCUT2D eigenvalue weighted by molar-refractivity contribution is -0.121. The van der Waals surface area contributed by atoms with Crippen LogP contribution in [0.15, 0.2) is 60.1 Å². The third-order valence-corrected chi connectivity index (χ3v) is 11.6. The van der Waals surface area contributed by atoms with Crippen molar-refractivity contribution in [2.75, 3.05) is 69.8 Å². The van der Waals surface area contributed by atoms with Crippen LogP contribution in [0, 0.1) is 6.92 Å². The van der Waals surface area contributed by atoms with Gasteiger partial charge < -0.3 is 40.4 Å². The minimum atomic E-state index is -3.57. The second kappa shape index (κ2) is 21.9. The number of sulfone groups is 1. The predicted octanol–water partition coefficient (Wildman–Crippen LogP) is 5.92. The molecule has 1 fully saturated rings. The van der Waals surface area contributed by atoms with Crippen LogP contribution in [0.4, 0.5) is 23.1 Å². The molecule has 4 rings (SSSR count). The largest absolute Gasteiger partial charge is 0.489 e. The van der Waals surface area contributed by atoms with Crippen LogP contribution in [0.2, 0.25) is 5.02 Å². The molecule has 4 N–H and O–H groups in total. The lowest BCUT2D eigenvalue weighted by atomic mass is 9.86. The number of amides is 2. The fourth-order valence-electron chi connectivity index (χ4n) is 6.15. The van der Waals surface area contributed by atoms with Crippen LogP contribution >= 0.6 is 11.6 Å². The van der Waals surface area contributed by atoms with Crippen molar-refractivity contribution in [3.05, 3.63) is 71.4 Å². The van der Waals surface area contributed by atoms with Gasteiger partial charge in [0.05, 0.1) is 60.2 Å². The van der Waals surface area contributed by atoms with Gasteiger partial charge in [-0.05, 0) is 108 Å². The summed E-state index contributed by atoms with van der Waals surface area (Å²) in [5.74, 6) is 1.30. The summed E-state index contributed by atoms with van der Waals surface area (Å²) in [4.78, 5) is 35.0. The van der Waals surface area contributed by atoms with E-state index in [9.17, 15) is 18.0 Å². The Morgan fingerprint density at radius 2 is 1.66 bits per heavy atom. The number of halogens is 1. The van der Waals surface area contributed by atoms with E-state index < -0.39 is 15.1 Å². The molecule has 2 heterocycles. The van der Waals surface area contributed by atoms with Gasteiger partial charge in [-0.1, -0.05) is 30.3 Å². The van der Waals surface area contributed by atoms with Gasteiger partial charge in [0.25, 0.3) is 0 Å². The summed E-state index contributed by atoms with van der Waals surface area (Å²) < 4.78 is 43.3. The van der Waals surface area contributed by atoms with Crippen LogP contribution in [0.3, 0.4) is 0 Å². The molecule has 56 heavy (non-hydrogen) atoms. The van der Waals surface area contributed by atoms with Gasteiger partial charge in [0.2, 0.25) is 17.8 Å². The van der Waals surface area contributed by atoms with Gasteiger partial charge in [-0.3, -0.25) is 9.59 Å². The van der Waals surface area contributed by atoms with Gasteiger partial charge in [0.15, 0.2) is 15.7 Å². The third kappa shape index (κ3) is 13.4. The minimum absolute atomic E-state index is 0.00389. The summed E-state index contributed by atoms with van der Waals surface area (Å²) >= 11 is 6.48. The molecule has 3 aromatic rings. The summed E-state index contributed by atoms with van der Waals surface area (Å²) in [6.07, 6.45) is 4.92. The summed E-state index contributed by atoms with van der Waals surface area (Å²) in [7, 11) is -3.57. The number of piperidine rings is 1. The number of hydrogen-bond donors (Lipinski definition) is 4. The maximum absolute atomic E-state index is 13.0. The van der Waals surface area contributed by atoms with E-state index >= 15 is 0 Å². The van der Waals surface area contributed by atoms with Gasteiger partial charge >= 0.3 is 0 Å². The van der Waals surface area contributed by atoms with E-state index in [1.54, 1.807) is 38.1 Å². The first-order chi connectivity index (χ1) is 26.8. The quantitative estimate of drug-likeness (QED) is 0.0699. The second-order valence-corrected chi connectivity index (χ2v) is 16.9. The van der Waals surface area contributed by atoms with Crippen LogP contribution in [0.25, 0.3) is 0 Å². The van der Waals surface area contributed by atoms with Crippen molar-refractivity contribution in [2.24, 2.45) is 0 Å². The highest BCUT2D eigenvalue weighted by molar-refractivity contribution is 7.92. The zero-order valence-electron chi connectivity index (χ0n) is 33.0. The number of hydrogen-bond acceptors (Lipinski definition) is 12. The van der Waals surface area contributed by atoms with Gasteiger partial charge in [-0.25, -0.2) is 13.4 Å². The molecule has 2 amide bonds. The molecular weight excluding hydrogens is 758 g/mol. The van der Waals surface area contributed by atoms with E-state index in [0.717, 1.165) is 31.5 Å². The molecule has 0 spiro atoms. The van der Waals surface area contributed by atoms with Gasteiger partial charge in [-0.15, -0.1) is 0 Å². The van der Waals surface area contributed by atoms with Crippen molar-refractivity contribution in [1.29, 1.82) is 0 Å². The number of nitrogens with zero attached hydrogens (tertiary/aromatic N) is 3. The number of nitrogens with one attached hydrogen (secondary N) is 4. The maximum atomic E-state index is 13.0. The predicted molar refractivity (Wildman–Crippen MR) is 220 cm³/mol. The molecule has 0 atom stereocenters. The Morgan fingerprint density at radius 3 is 2.32 bits per heavy atom. The zero-order chi connectivity index (χ0) is 40.7. The Morgan fingerprint density at radius 1 is 0.982 bits per heavy atom. The van der Waals surface area contributed by atoms with Crippen molar-refractivity contribution >= 4 is 56.4 Å². The molecular formula is C40H56ClN7O7S. The van der Waals surface area contributed by atoms with E-state index in [0.29, 0.717) is 75.5 Å². The molecule has 0 bridgehead atoms. The van der Waals surface area contributed by atoms with Crippen LogP contribution in [0.5, 0.6) is 5.75 Å². The number of anilines is 4. The average molecular weight is 814 g/mol. The fraction of sp³-hybridized carbons (Fsp3) is 0.500. The Bertz CT molecular complexity index is 1890. The van der Waals surface area contributed by atoms with E-state index in [4.69, 9.17) is 25.8 Å². The third-order valence-electron chi connectivity index (χ3n) is 9.14. The number of benzene rings is 2. The monoisotopic (exact) mass is 813 g/mol. The number of para-hydroxylation sites is 1. The lowest BCUT2D eigenvalue weighted by Gasteiger charge is -2.33. The molecule has 16 heteroatoms. The number of carbonyl (C=O) groups excluding carboxylic acids is 2. The Hall–Kier alpha value is -4.28. The second-order valence-electron chi connectivity index (χ2n) is 14.0. The SMILES string of the molecule is C=CC(=O)NCCOCCOCCNC(=O)CCN1CCC(c2cc(OC(C)C)c(Nc3ncc(Cl)c(Nc4ccccc4S(=O)(=O)C(C)C)n3)cc2C)CC1. The smallest absolute Gasteiger partial charge is 0.243 e. The lowest BCUT2D eigenvalue weighted by Crippen LogP contribution is -2.37. The summed E-state index contributed by atoms with van der Waals surface area (Å²) in [6, 6.07) is 10.8. The Balaban J connectivity index is 1.29. The number of ether oxygens (including phenoxy) is 3. The molecule has 2 aromatic carbocycles. The average Bonchev–Trinajstić information content (AvgIpc) is 3.17. The topological polar surface area (TPSA) is 173 Å². The van der Waals surface area contributed by atoms with Crippen LogP contribution in [-0.4, -0.2) is 106 Å². The zero-order valence-corrected chi connectivity index (χ0v) is 34.6. The van der Waals surface area contributed by atoms with E-state index in [1.165, 1.54) is 17.8 Å². The van der Waals surface area contributed by atoms with Gasteiger partial charge in [0, 0.05) is 26.1 Å². The van der Waals surface area contributed by atoms with Crippen molar-refractivity contribution in [2.45, 2.75) is 76.0 Å². The van der Waals surface area contributed by atoms with Gasteiger partial charge in [-0.2, -0.15) is 4.98 Å². The molecule has 1 saturated heterocycles. The van der Waals surface area contributed by atoms with Crippen molar-refractivity contribution in [1.82, 2.24) is 25.5 Å². The van der Waals surface area contributed by atoms with E-state index in [-0.39, 0.29) is 39.6 Å². The molecule has 1 aromatic heterocycles. The summed E-state index contributed by atoms with van der Waals surface area (Å²) in [5.41, 5.74) is 3.39. The van der Waals surface area contributed by atoms with Crippen molar-refractivity contribution in [3.63, 3.8) is 0 Å². The highest BCUT2D eigenvalue weighted by Crippen LogP contribution is 2.38. The van der Waals surface area contributed by atoms with Gasteiger partial charge in [0.1, 0.15) is 10.8 Å². The number of aromatic nitrogens is 2. The number of likely N-dealkylation sites (tertiary alicyclic amines) is 1. The first-order valence-corrected chi connectivity index (χ1v) is 21.0. The number of aryl methyl sites for hydroxylation is 1. The molecule has 306 valence electrons. The van der Waals surface area contributed by atoms with E-state index in [1.807, 2.05) is 19.9 Å². The molecule has 1 aliphatic heterocycles. The molecule has 14 nitrogen and oxygen atoms in total. The Labute approximate surface area is 336 Å². The van der Waals surface area contributed by atoms with E-state index in [2.05, 4.69) is 55.7 Å². The summed E-state index contributed by atoms with van der Waals surface area (Å²) in [6.45, 7) is 17.6. The normalized spacial score (nSPS) is 13.8. The molecule has 0 radical (unpaired) electrons. The minimum Gasteiger partial charge on any atom is -0.489 e. The van der Waals surface area contributed by atoms with Crippen molar-refractivity contribution in [3.8, 4) is 5.75 Å². The molecule has 0 unspecified atom stereocenters. The first kappa shape index (κ1) is 44.4. The standard InChI is InChI=1S/C40H56ClN7O7S/c1-7-37(49)42-15-20-53-22-23-54-21-16-43-38(50)14-19-48-17-12-30(13-18-48)31-25-35(55-27(2)3)34(24-29(31)6)46-40-44-26-32(41)39(47-40)45-33-10-8-9-11-36(33)56(51,52)28(4)5/h7-11,24-28,30H,1,12-23H2,2-6H3,(H,42,49)(H,43,50)(H2,44,45,46,47). The van der Waals surface area contributed by atoms with Crippen LogP contribution in [-0.2, 0) is 28.9 Å².